The van der Waals surface area contributed by atoms with Gasteiger partial charge >= 0.3 is 0 Å². The SMILES string of the molecule is COc1nc(C2=CCOCC2)cc2c1Oc1ccc(NC(=O)c3ccc(Cl)cn3)cc1[C@@]21CCN=C(N)O1. The smallest absolute Gasteiger partial charge is 0.283 e. The van der Waals surface area contributed by atoms with Crippen LogP contribution >= 0.6 is 11.6 Å². The Morgan fingerprint density at radius 1 is 1.21 bits per heavy atom. The first-order chi connectivity index (χ1) is 18.5. The van der Waals surface area contributed by atoms with Crippen LogP contribution in [0, 0.1) is 0 Å². The summed E-state index contributed by atoms with van der Waals surface area (Å²) in [6.45, 7) is 1.56. The number of fused-ring (bicyclic) bond motifs is 4. The number of carbonyl (C=O) groups excluding carboxylic acids is 1. The molecule has 3 aromatic rings. The molecule has 1 atom stereocenters. The van der Waals surface area contributed by atoms with Crippen LogP contribution in [-0.2, 0) is 15.1 Å². The predicted molar refractivity (Wildman–Crippen MR) is 141 cm³/mol. The number of nitrogens with one attached hydrogen (secondary N) is 1. The fourth-order valence-corrected chi connectivity index (χ4v) is 5.02. The van der Waals surface area contributed by atoms with E-state index in [4.69, 9.17) is 41.3 Å². The van der Waals surface area contributed by atoms with E-state index in [1.165, 1.54) is 6.20 Å². The van der Waals surface area contributed by atoms with Gasteiger partial charge in [-0.3, -0.25) is 4.79 Å². The van der Waals surface area contributed by atoms with Crippen LogP contribution in [0.3, 0.4) is 0 Å². The van der Waals surface area contributed by atoms with Crippen LogP contribution in [0.5, 0.6) is 17.4 Å². The Hall–Kier alpha value is -4.15. The largest absolute Gasteiger partial charge is 0.478 e. The quantitative estimate of drug-likeness (QED) is 0.508. The van der Waals surface area contributed by atoms with Gasteiger partial charge in [-0.15, -0.1) is 0 Å². The fourth-order valence-electron chi connectivity index (χ4n) is 4.91. The second-order valence-electron chi connectivity index (χ2n) is 8.98. The average molecular weight is 534 g/mol. The molecule has 0 radical (unpaired) electrons. The van der Waals surface area contributed by atoms with Gasteiger partial charge in [0.15, 0.2) is 11.4 Å². The maximum Gasteiger partial charge on any atom is 0.283 e. The molecular weight excluding hydrogens is 510 g/mol. The molecule has 3 aliphatic rings. The zero-order valence-electron chi connectivity index (χ0n) is 20.5. The molecule has 0 unspecified atom stereocenters. The number of anilines is 1. The van der Waals surface area contributed by atoms with Gasteiger partial charge < -0.3 is 30.0 Å². The molecule has 11 heteroatoms. The first-order valence-corrected chi connectivity index (χ1v) is 12.5. The van der Waals surface area contributed by atoms with Crippen molar-refractivity contribution < 1.29 is 23.7 Å². The van der Waals surface area contributed by atoms with E-state index in [9.17, 15) is 4.79 Å². The summed E-state index contributed by atoms with van der Waals surface area (Å²) in [4.78, 5) is 26.0. The van der Waals surface area contributed by atoms with Crippen LogP contribution < -0.4 is 20.5 Å². The molecule has 10 nitrogen and oxygen atoms in total. The fraction of sp³-hybridized carbons (Fsp3) is 0.259. The zero-order valence-corrected chi connectivity index (χ0v) is 21.2. The molecule has 6 rings (SSSR count). The Bertz CT molecular complexity index is 1490. The third-order valence-corrected chi connectivity index (χ3v) is 6.94. The van der Waals surface area contributed by atoms with E-state index in [2.05, 4.69) is 15.3 Å². The molecule has 0 aliphatic carbocycles. The molecule has 3 N–H and O–H groups in total. The molecule has 194 valence electrons. The Kier molecular flexibility index (Phi) is 6.13. The van der Waals surface area contributed by atoms with Gasteiger partial charge in [0, 0.05) is 30.4 Å². The Morgan fingerprint density at radius 2 is 2.11 bits per heavy atom. The lowest BCUT2D eigenvalue weighted by Gasteiger charge is -2.41. The highest BCUT2D eigenvalue weighted by molar-refractivity contribution is 6.30. The highest BCUT2D eigenvalue weighted by Gasteiger charge is 2.48. The van der Waals surface area contributed by atoms with Gasteiger partial charge in [-0.25, -0.2) is 15.0 Å². The Balaban J connectivity index is 1.46. The number of pyridine rings is 2. The number of amidine groups is 1. The summed E-state index contributed by atoms with van der Waals surface area (Å²) in [7, 11) is 1.55. The van der Waals surface area contributed by atoms with Gasteiger partial charge in [-0.05, 0) is 48.4 Å². The number of nitrogens with two attached hydrogens (primary N) is 1. The van der Waals surface area contributed by atoms with Crippen molar-refractivity contribution in [3.05, 3.63) is 76.2 Å². The summed E-state index contributed by atoms with van der Waals surface area (Å²) in [5.74, 6) is 0.949. The number of aliphatic imine (C=N–C) groups is 1. The maximum atomic E-state index is 12.9. The number of halogens is 1. The van der Waals surface area contributed by atoms with Gasteiger partial charge in [0.05, 0.1) is 36.6 Å². The molecule has 0 bridgehead atoms. The molecule has 38 heavy (non-hydrogen) atoms. The van der Waals surface area contributed by atoms with Crippen LogP contribution in [0.15, 0.2) is 53.7 Å². The molecule has 0 fully saturated rings. The lowest BCUT2D eigenvalue weighted by Crippen LogP contribution is -2.42. The van der Waals surface area contributed by atoms with Crippen molar-refractivity contribution in [3.8, 4) is 17.4 Å². The summed E-state index contributed by atoms with van der Waals surface area (Å²) in [6, 6.07) is 10.5. The second-order valence-corrected chi connectivity index (χ2v) is 9.41. The standard InChI is InChI=1S/C27H24ClN5O5/c1-35-25-23-19(13-21(33-25)15-6-10-36-11-7-15)27(8-9-30-26(29)38-27)18-12-17(3-5-22(18)37-23)32-24(34)20-4-2-16(28)14-31-20/h2-6,12-14H,7-11H2,1H3,(H2,29,30)(H,32,34)/t27-/m0/s1. The average Bonchev–Trinajstić information content (AvgIpc) is 2.94. The van der Waals surface area contributed by atoms with Crippen LogP contribution in [0.25, 0.3) is 5.57 Å². The number of hydrogen-bond acceptors (Lipinski definition) is 9. The maximum absolute atomic E-state index is 12.9. The number of carbonyl (C=O) groups is 1. The summed E-state index contributed by atoms with van der Waals surface area (Å²) in [6.07, 6.45) is 4.65. The molecule has 5 heterocycles. The number of benzene rings is 1. The Morgan fingerprint density at radius 3 is 2.84 bits per heavy atom. The first kappa shape index (κ1) is 24.2. The highest BCUT2D eigenvalue weighted by Crippen LogP contribution is 2.55. The monoisotopic (exact) mass is 533 g/mol. The minimum absolute atomic E-state index is 0.0671. The van der Waals surface area contributed by atoms with Gasteiger partial charge in [-0.2, -0.15) is 0 Å². The molecule has 1 spiro atoms. The minimum Gasteiger partial charge on any atom is -0.478 e. The lowest BCUT2D eigenvalue weighted by atomic mass is 9.79. The van der Waals surface area contributed by atoms with Crippen molar-refractivity contribution in [2.24, 2.45) is 10.7 Å². The minimum atomic E-state index is -1.04. The van der Waals surface area contributed by atoms with E-state index >= 15 is 0 Å². The van der Waals surface area contributed by atoms with Crippen molar-refractivity contribution in [2.45, 2.75) is 18.4 Å². The molecule has 1 aromatic carbocycles. The summed E-state index contributed by atoms with van der Waals surface area (Å²) in [5.41, 5.74) is 9.09. The van der Waals surface area contributed by atoms with Gasteiger partial charge in [0.2, 0.25) is 0 Å². The number of hydrogen-bond donors (Lipinski definition) is 2. The number of ether oxygens (including phenoxy) is 4. The molecule has 3 aliphatic heterocycles. The molecule has 0 saturated heterocycles. The van der Waals surface area contributed by atoms with Crippen molar-refractivity contribution in [2.75, 3.05) is 32.2 Å². The third kappa shape index (κ3) is 4.21. The number of nitrogens with zero attached hydrogens (tertiary/aromatic N) is 3. The van der Waals surface area contributed by atoms with Gasteiger partial charge in [0.25, 0.3) is 17.8 Å². The van der Waals surface area contributed by atoms with E-state index in [-0.39, 0.29) is 17.6 Å². The third-order valence-electron chi connectivity index (χ3n) is 6.72. The summed E-state index contributed by atoms with van der Waals surface area (Å²) >= 11 is 5.91. The summed E-state index contributed by atoms with van der Waals surface area (Å²) < 4.78 is 23.8. The lowest BCUT2D eigenvalue weighted by molar-refractivity contribution is 0.0626. The van der Waals surface area contributed by atoms with E-state index in [0.717, 1.165) is 23.3 Å². The molecule has 2 aromatic heterocycles. The predicted octanol–water partition coefficient (Wildman–Crippen LogP) is 4.28. The van der Waals surface area contributed by atoms with Crippen LogP contribution in [-0.4, -0.2) is 48.8 Å². The van der Waals surface area contributed by atoms with Crippen LogP contribution in [0.4, 0.5) is 5.69 Å². The van der Waals surface area contributed by atoms with Crippen molar-refractivity contribution >= 4 is 34.8 Å². The highest BCUT2D eigenvalue weighted by atomic mass is 35.5. The van der Waals surface area contributed by atoms with E-state index in [1.54, 1.807) is 31.4 Å². The van der Waals surface area contributed by atoms with E-state index < -0.39 is 5.60 Å². The van der Waals surface area contributed by atoms with E-state index in [1.807, 2.05) is 18.2 Å². The van der Waals surface area contributed by atoms with E-state index in [0.29, 0.717) is 59.8 Å². The van der Waals surface area contributed by atoms with Gasteiger partial charge in [0.1, 0.15) is 11.4 Å². The summed E-state index contributed by atoms with van der Waals surface area (Å²) in [5, 5.41) is 3.34. The second kappa shape index (κ2) is 9.62. The number of rotatable bonds is 4. The topological polar surface area (TPSA) is 130 Å². The van der Waals surface area contributed by atoms with Crippen molar-refractivity contribution in [1.82, 2.24) is 9.97 Å². The van der Waals surface area contributed by atoms with Gasteiger partial charge in [-0.1, -0.05) is 17.7 Å². The number of amides is 1. The number of aromatic nitrogens is 2. The molecule has 0 saturated carbocycles. The molecular formula is C27H24ClN5O5. The van der Waals surface area contributed by atoms with Crippen molar-refractivity contribution in [3.63, 3.8) is 0 Å². The molecule has 1 amide bonds. The number of methoxy groups -OCH3 is 1. The van der Waals surface area contributed by atoms with Crippen LogP contribution in [0.1, 0.15) is 40.2 Å². The van der Waals surface area contributed by atoms with Crippen molar-refractivity contribution in [1.29, 1.82) is 0 Å². The Labute approximate surface area is 223 Å². The van der Waals surface area contributed by atoms with Crippen LogP contribution in [0.2, 0.25) is 5.02 Å². The zero-order chi connectivity index (χ0) is 26.3. The first-order valence-electron chi connectivity index (χ1n) is 12.1. The normalized spacial score (nSPS) is 19.7.